The van der Waals surface area contributed by atoms with Gasteiger partial charge in [0.25, 0.3) is 5.91 Å². The first-order valence-electron chi connectivity index (χ1n) is 11.2. The summed E-state index contributed by atoms with van der Waals surface area (Å²) in [5, 5.41) is 7.97. The van der Waals surface area contributed by atoms with Crippen molar-refractivity contribution in [2.24, 2.45) is 5.16 Å². The number of benzene rings is 1. The van der Waals surface area contributed by atoms with Gasteiger partial charge >= 0.3 is 6.01 Å². The first kappa shape index (κ1) is 23.5. The van der Waals surface area contributed by atoms with Crippen LogP contribution in [-0.4, -0.2) is 58.3 Å². The number of aromatic nitrogens is 3. The first-order valence-corrected chi connectivity index (χ1v) is 12.5. The lowest BCUT2D eigenvalue weighted by molar-refractivity contribution is -0.134. The fourth-order valence-electron chi connectivity index (χ4n) is 4.06. The van der Waals surface area contributed by atoms with E-state index in [-0.39, 0.29) is 24.6 Å². The largest absolute Gasteiger partial charge is 0.481 e. The van der Waals surface area contributed by atoms with Crippen LogP contribution in [0, 0.1) is 6.07 Å². The Balaban J connectivity index is 1.11. The number of ether oxygens (including phenoxy) is 2. The summed E-state index contributed by atoms with van der Waals surface area (Å²) < 4.78 is 10.4. The summed E-state index contributed by atoms with van der Waals surface area (Å²) in [5.74, 6) is 0.682. The summed E-state index contributed by atoms with van der Waals surface area (Å²) in [6.45, 7) is 1.27. The SMILES string of the molecule is COc1ncc(OCC(=O)N2CCC(c3nc(C4=NOC(c5[c]cccc5Cl)C4)cs3)CC2)cn1. The maximum atomic E-state index is 12.6. The van der Waals surface area contributed by atoms with E-state index in [0.29, 0.717) is 36.2 Å². The van der Waals surface area contributed by atoms with E-state index in [1.165, 1.54) is 19.5 Å². The molecule has 35 heavy (non-hydrogen) atoms. The number of hydrogen-bond acceptors (Lipinski definition) is 9. The van der Waals surface area contributed by atoms with Crippen molar-refractivity contribution in [1.29, 1.82) is 0 Å². The molecule has 2 aliphatic heterocycles. The highest BCUT2D eigenvalue weighted by Gasteiger charge is 2.29. The van der Waals surface area contributed by atoms with Crippen molar-refractivity contribution in [3.05, 3.63) is 63.3 Å². The van der Waals surface area contributed by atoms with Crippen LogP contribution in [0.2, 0.25) is 5.02 Å². The van der Waals surface area contributed by atoms with Crippen LogP contribution in [0.3, 0.4) is 0 Å². The monoisotopic (exact) mass is 512 g/mol. The molecule has 1 radical (unpaired) electrons. The Labute approximate surface area is 211 Å². The fraction of sp³-hybridized carbons (Fsp3) is 0.375. The first-order chi connectivity index (χ1) is 17.1. The molecule has 11 heteroatoms. The van der Waals surface area contributed by atoms with Gasteiger partial charge in [0, 0.05) is 41.4 Å². The molecule has 181 valence electrons. The van der Waals surface area contributed by atoms with Gasteiger partial charge in [-0.3, -0.25) is 4.79 Å². The van der Waals surface area contributed by atoms with Crippen LogP contribution in [-0.2, 0) is 9.63 Å². The minimum atomic E-state index is -0.246. The molecule has 9 nitrogen and oxygen atoms in total. The number of thiazole rings is 1. The van der Waals surface area contributed by atoms with E-state index in [0.717, 1.165) is 34.8 Å². The van der Waals surface area contributed by atoms with Gasteiger partial charge in [0.1, 0.15) is 5.71 Å². The molecule has 2 aromatic heterocycles. The van der Waals surface area contributed by atoms with Crippen molar-refractivity contribution in [3.8, 4) is 11.8 Å². The number of methoxy groups -OCH3 is 1. The zero-order valence-electron chi connectivity index (χ0n) is 19.0. The number of carbonyl (C=O) groups excluding carboxylic acids is 1. The number of likely N-dealkylation sites (tertiary alicyclic amines) is 1. The number of nitrogens with zero attached hydrogens (tertiary/aromatic N) is 5. The molecule has 1 fully saturated rings. The summed E-state index contributed by atoms with van der Waals surface area (Å²) in [6, 6.07) is 8.89. The van der Waals surface area contributed by atoms with E-state index in [4.69, 9.17) is 30.9 Å². The molecule has 0 aliphatic carbocycles. The summed E-state index contributed by atoms with van der Waals surface area (Å²) in [6.07, 6.45) is 5.04. The van der Waals surface area contributed by atoms with Gasteiger partial charge in [0.15, 0.2) is 18.5 Å². The van der Waals surface area contributed by atoms with Crippen LogP contribution in [0.1, 0.15) is 47.5 Å². The minimum absolute atomic E-state index is 0.0500. The molecule has 2 aliphatic rings. The zero-order valence-corrected chi connectivity index (χ0v) is 20.6. The van der Waals surface area contributed by atoms with Gasteiger partial charge in [-0.25, -0.2) is 4.98 Å². The van der Waals surface area contributed by atoms with Crippen LogP contribution in [0.25, 0.3) is 0 Å². The van der Waals surface area contributed by atoms with E-state index in [1.54, 1.807) is 11.3 Å². The average molecular weight is 513 g/mol. The molecule has 1 saturated heterocycles. The van der Waals surface area contributed by atoms with E-state index in [2.05, 4.69) is 21.2 Å². The Morgan fingerprint density at radius 3 is 2.86 bits per heavy atom. The highest BCUT2D eigenvalue weighted by Crippen LogP contribution is 2.35. The van der Waals surface area contributed by atoms with Gasteiger partial charge in [0.2, 0.25) is 0 Å². The third kappa shape index (κ3) is 5.38. The lowest BCUT2D eigenvalue weighted by Crippen LogP contribution is -2.40. The Morgan fingerprint density at radius 2 is 2.11 bits per heavy atom. The van der Waals surface area contributed by atoms with Crippen LogP contribution in [0.15, 0.2) is 41.1 Å². The second-order valence-corrected chi connectivity index (χ2v) is 9.48. The Bertz CT molecular complexity index is 1210. The van der Waals surface area contributed by atoms with Crippen LogP contribution in [0.4, 0.5) is 0 Å². The number of carbonyl (C=O) groups is 1. The maximum Gasteiger partial charge on any atom is 0.316 e. The summed E-state index contributed by atoms with van der Waals surface area (Å²) in [5.41, 5.74) is 2.47. The van der Waals surface area contributed by atoms with E-state index < -0.39 is 0 Å². The minimum Gasteiger partial charge on any atom is -0.481 e. The smallest absolute Gasteiger partial charge is 0.316 e. The Hall–Kier alpha value is -3.24. The molecule has 3 aromatic rings. The molecule has 1 aromatic carbocycles. The summed E-state index contributed by atoms with van der Waals surface area (Å²) in [7, 11) is 1.49. The van der Waals surface area contributed by atoms with Crippen molar-refractivity contribution in [2.75, 3.05) is 26.8 Å². The van der Waals surface area contributed by atoms with Gasteiger partial charge < -0.3 is 19.2 Å². The van der Waals surface area contributed by atoms with Crippen molar-refractivity contribution < 1.29 is 19.1 Å². The van der Waals surface area contributed by atoms with Crippen LogP contribution >= 0.6 is 22.9 Å². The van der Waals surface area contributed by atoms with E-state index in [1.807, 2.05) is 28.5 Å². The fourth-order valence-corrected chi connectivity index (χ4v) is 5.31. The van der Waals surface area contributed by atoms with Gasteiger partial charge in [-0.2, -0.15) is 9.97 Å². The molecule has 4 heterocycles. The topological polar surface area (TPSA) is 99.0 Å². The molecular weight excluding hydrogens is 490 g/mol. The second-order valence-electron chi connectivity index (χ2n) is 8.19. The predicted octanol–water partition coefficient (Wildman–Crippen LogP) is 4.05. The lowest BCUT2D eigenvalue weighted by atomic mass is 9.97. The highest BCUT2D eigenvalue weighted by molar-refractivity contribution is 7.10. The van der Waals surface area contributed by atoms with Crippen molar-refractivity contribution in [1.82, 2.24) is 19.9 Å². The predicted molar refractivity (Wildman–Crippen MR) is 130 cm³/mol. The number of piperidine rings is 1. The number of halogens is 1. The average Bonchev–Trinajstić information content (AvgIpc) is 3.58. The lowest BCUT2D eigenvalue weighted by Gasteiger charge is -2.31. The van der Waals surface area contributed by atoms with Gasteiger partial charge in [-0.05, 0) is 25.0 Å². The molecule has 1 atom stereocenters. The van der Waals surface area contributed by atoms with Crippen molar-refractivity contribution >= 4 is 34.6 Å². The molecule has 5 rings (SSSR count). The third-order valence-corrected chi connectivity index (χ3v) is 7.33. The van der Waals surface area contributed by atoms with Crippen molar-refractivity contribution in [3.63, 3.8) is 0 Å². The molecule has 1 unspecified atom stereocenters. The van der Waals surface area contributed by atoms with Gasteiger partial charge in [0.05, 0.1) is 30.2 Å². The third-order valence-electron chi connectivity index (χ3n) is 5.99. The second kappa shape index (κ2) is 10.6. The van der Waals surface area contributed by atoms with E-state index >= 15 is 0 Å². The van der Waals surface area contributed by atoms with Crippen LogP contribution < -0.4 is 9.47 Å². The van der Waals surface area contributed by atoms with Crippen molar-refractivity contribution in [2.45, 2.75) is 31.3 Å². The van der Waals surface area contributed by atoms with Gasteiger partial charge in [-0.1, -0.05) is 28.9 Å². The summed E-state index contributed by atoms with van der Waals surface area (Å²) >= 11 is 7.91. The van der Waals surface area contributed by atoms with Gasteiger partial charge in [-0.15, -0.1) is 11.3 Å². The molecule has 0 bridgehead atoms. The standard InChI is InChI=1S/C24H23ClN5O4S/c1-32-24-26-11-16(12-27-24)33-13-22(31)30-8-6-15(7-9-30)23-28-20(14-35-23)19-10-21(34-29-19)17-4-2-3-5-18(17)25/h2-3,5,11-12,14-15,21H,6-10,13H2,1H3. The summed E-state index contributed by atoms with van der Waals surface area (Å²) in [4.78, 5) is 32.8. The molecule has 0 saturated carbocycles. The van der Waals surface area contributed by atoms with E-state index in [9.17, 15) is 4.79 Å². The normalized spacial score (nSPS) is 18.2. The van der Waals surface area contributed by atoms with Crippen LogP contribution in [0.5, 0.6) is 11.8 Å². The zero-order chi connectivity index (χ0) is 24.2. The highest BCUT2D eigenvalue weighted by atomic mass is 35.5. The number of hydrogen-bond donors (Lipinski definition) is 0. The molecule has 0 spiro atoms. The number of amides is 1. The number of oxime groups is 1. The Kier molecular flexibility index (Phi) is 7.10. The number of rotatable bonds is 7. The Morgan fingerprint density at radius 1 is 1.31 bits per heavy atom. The molecule has 1 amide bonds. The molecule has 0 N–H and O–H groups in total. The quantitative estimate of drug-likeness (QED) is 0.471. The maximum absolute atomic E-state index is 12.6. The molecular formula is C24H23ClN5O4S.